The lowest BCUT2D eigenvalue weighted by Crippen LogP contribution is -2.31. The Hall–Kier alpha value is -3.02. The molecule has 0 atom stereocenters. The first-order chi connectivity index (χ1) is 15.4. The summed E-state index contributed by atoms with van der Waals surface area (Å²) in [6.07, 6.45) is 0. The summed E-state index contributed by atoms with van der Waals surface area (Å²) in [5, 5.41) is 9.02. The van der Waals surface area contributed by atoms with E-state index >= 15 is 0 Å². The zero-order valence-corrected chi connectivity index (χ0v) is 19.7. The number of thiophene rings is 3. The summed E-state index contributed by atoms with van der Waals surface area (Å²) in [6, 6.07) is 7.21. The number of nitrogens with one attached hydrogen (secondary N) is 2. The Morgan fingerprint density at radius 3 is 2.53 bits per heavy atom. The number of ether oxygens (including phenoxy) is 2. The van der Waals surface area contributed by atoms with Crippen LogP contribution in [-0.2, 0) is 19.1 Å². The minimum Gasteiger partial charge on any atom is -0.462 e. The third kappa shape index (κ3) is 6.02. The number of carbonyl (C=O) groups is 4. The first kappa shape index (κ1) is 23.6. The highest BCUT2D eigenvalue weighted by molar-refractivity contribution is 7.17. The molecule has 168 valence electrons. The Kier molecular flexibility index (Phi) is 8.14. The van der Waals surface area contributed by atoms with E-state index in [1.54, 1.807) is 24.4 Å². The number of carbonyl (C=O) groups excluding carboxylic acids is 4. The van der Waals surface area contributed by atoms with Crippen LogP contribution in [0.4, 0.5) is 5.00 Å². The minimum atomic E-state index is -0.752. The van der Waals surface area contributed by atoms with Crippen molar-refractivity contribution in [1.29, 1.82) is 0 Å². The second-order valence-electron chi connectivity index (χ2n) is 6.35. The van der Waals surface area contributed by atoms with Crippen molar-refractivity contribution in [2.45, 2.75) is 13.8 Å². The van der Waals surface area contributed by atoms with Gasteiger partial charge in [0, 0.05) is 20.7 Å². The van der Waals surface area contributed by atoms with E-state index in [-0.39, 0.29) is 24.6 Å². The van der Waals surface area contributed by atoms with Gasteiger partial charge in [0.1, 0.15) is 17.1 Å². The lowest BCUT2D eigenvalue weighted by molar-refractivity contribution is -0.146. The van der Waals surface area contributed by atoms with Crippen molar-refractivity contribution in [2.75, 3.05) is 25.1 Å². The molecule has 3 aromatic rings. The van der Waals surface area contributed by atoms with Crippen LogP contribution < -0.4 is 10.6 Å². The molecule has 0 saturated carbocycles. The van der Waals surface area contributed by atoms with Crippen LogP contribution in [0.3, 0.4) is 0 Å². The quantitative estimate of drug-likeness (QED) is 0.438. The molecule has 0 fully saturated rings. The fourth-order valence-corrected chi connectivity index (χ4v) is 5.20. The molecule has 0 aliphatic heterocycles. The lowest BCUT2D eigenvalue weighted by atomic mass is 10.1. The van der Waals surface area contributed by atoms with E-state index in [1.807, 2.05) is 24.4 Å². The summed E-state index contributed by atoms with van der Waals surface area (Å²) in [7, 11) is 0. The molecule has 0 spiro atoms. The van der Waals surface area contributed by atoms with Gasteiger partial charge in [0.25, 0.3) is 11.8 Å². The molecule has 0 aliphatic rings. The summed E-state index contributed by atoms with van der Waals surface area (Å²) in [5.41, 5.74) is 0.930. The van der Waals surface area contributed by atoms with Gasteiger partial charge in [-0.3, -0.25) is 14.4 Å². The fraction of sp³-hybridized carbons (Fsp3) is 0.238. The van der Waals surface area contributed by atoms with Crippen molar-refractivity contribution in [3.63, 3.8) is 0 Å². The molecule has 3 aromatic heterocycles. The first-order valence-electron chi connectivity index (χ1n) is 9.51. The summed E-state index contributed by atoms with van der Waals surface area (Å²) < 4.78 is 10.1. The molecule has 3 heterocycles. The number of hydrogen-bond donors (Lipinski definition) is 2. The number of amides is 2. The number of hydrogen-bond acceptors (Lipinski definition) is 9. The van der Waals surface area contributed by atoms with E-state index in [2.05, 4.69) is 10.6 Å². The van der Waals surface area contributed by atoms with Gasteiger partial charge in [0.05, 0.1) is 11.5 Å². The molecule has 32 heavy (non-hydrogen) atoms. The molecular weight excluding hydrogens is 472 g/mol. The maximum Gasteiger partial charge on any atom is 0.341 e. The maximum atomic E-state index is 12.5. The molecule has 3 rings (SSSR count). The van der Waals surface area contributed by atoms with Crippen LogP contribution in [0.5, 0.6) is 0 Å². The topological polar surface area (TPSA) is 111 Å². The molecule has 0 aliphatic carbocycles. The van der Waals surface area contributed by atoms with E-state index < -0.39 is 24.5 Å². The third-order valence-corrected chi connectivity index (χ3v) is 6.83. The smallest absolute Gasteiger partial charge is 0.341 e. The summed E-state index contributed by atoms with van der Waals surface area (Å²) in [6.45, 7) is 2.85. The zero-order chi connectivity index (χ0) is 23.1. The van der Waals surface area contributed by atoms with Crippen molar-refractivity contribution in [1.82, 2.24) is 5.32 Å². The minimum absolute atomic E-state index is 0.195. The van der Waals surface area contributed by atoms with Crippen LogP contribution in [0, 0.1) is 6.92 Å². The zero-order valence-electron chi connectivity index (χ0n) is 17.3. The Balaban J connectivity index is 1.56. The summed E-state index contributed by atoms with van der Waals surface area (Å²) >= 11 is 3.96. The molecule has 0 saturated heterocycles. The second kappa shape index (κ2) is 11.0. The molecular formula is C21H20N2O6S3. The van der Waals surface area contributed by atoms with Gasteiger partial charge in [-0.05, 0) is 37.4 Å². The normalized spacial score (nSPS) is 10.4. The van der Waals surface area contributed by atoms with E-state index in [1.165, 1.54) is 34.0 Å². The monoisotopic (exact) mass is 492 g/mol. The molecule has 2 amide bonds. The Labute approximate surface area is 196 Å². The predicted octanol–water partition coefficient (Wildman–Crippen LogP) is 3.93. The number of anilines is 1. The van der Waals surface area contributed by atoms with Gasteiger partial charge in [-0.15, -0.1) is 34.0 Å². The van der Waals surface area contributed by atoms with Crippen LogP contribution in [-0.4, -0.2) is 43.5 Å². The van der Waals surface area contributed by atoms with Gasteiger partial charge in [-0.2, -0.15) is 0 Å². The van der Waals surface area contributed by atoms with Crippen molar-refractivity contribution >= 4 is 62.8 Å². The standard InChI is InChI=1S/C21H20N2O6S3/c1-3-28-21(27)18-13(14-5-4-8-30-14)11-31-20(18)23-16(24)10-29-17(25)9-22-19(26)15-7-6-12(2)32-15/h4-8,11H,3,9-10H2,1-2H3,(H,22,26)(H,23,24). The highest BCUT2D eigenvalue weighted by Gasteiger charge is 2.23. The average molecular weight is 493 g/mol. The Morgan fingerprint density at radius 2 is 1.88 bits per heavy atom. The lowest BCUT2D eigenvalue weighted by Gasteiger charge is -2.09. The average Bonchev–Trinajstić information content (AvgIpc) is 3.51. The predicted molar refractivity (Wildman–Crippen MR) is 125 cm³/mol. The first-order valence-corrected chi connectivity index (χ1v) is 12.1. The molecule has 0 bridgehead atoms. The summed E-state index contributed by atoms with van der Waals surface area (Å²) in [4.78, 5) is 50.9. The van der Waals surface area contributed by atoms with Crippen LogP contribution in [0.1, 0.15) is 31.8 Å². The highest BCUT2D eigenvalue weighted by atomic mass is 32.1. The van der Waals surface area contributed by atoms with Crippen molar-refractivity contribution in [3.8, 4) is 10.4 Å². The van der Waals surface area contributed by atoms with E-state index in [0.29, 0.717) is 15.4 Å². The number of aryl methyl sites for hydroxylation is 1. The van der Waals surface area contributed by atoms with Gasteiger partial charge in [0.2, 0.25) is 0 Å². The largest absolute Gasteiger partial charge is 0.462 e. The molecule has 2 N–H and O–H groups in total. The molecule has 11 heteroatoms. The van der Waals surface area contributed by atoms with Gasteiger partial charge in [0.15, 0.2) is 6.61 Å². The highest BCUT2D eigenvalue weighted by Crippen LogP contribution is 2.38. The Bertz CT molecular complexity index is 1120. The van der Waals surface area contributed by atoms with Gasteiger partial charge in [-0.1, -0.05) is 6.07 Å². The number of esters is 2. The van der Waals surface area contributed by atoms with E-state index in [9.17, 15) is 19.2 Å². The van der Waals surface area contributed by atoms with Crippen molar-refractivity contribution in [2.24, 2.45) is 0 Å². The Morgan fingerprint density at radius 1 is 1.06 bits per heavy atom. The van der Waals surface area contributed by atoms with Gasteiger partial charge < -0.3 is 20.1 Å². The molecule has 0 unspecified atom stereocenters. The second-order valence-corrected chi connectivity index (χ2v) is 9.47. The van der Waals surface area contributed by atoms with Crippen LogP contribution in [0.2, 0.25) is 0 Å². The van der Waals surface area contributed by atoms with E-state index in [0.717, 1.165) is 9.75 Å². The molecule has 0 radical (unpaired) electrons. The summed E-state index contributed by atoms with van der Waals surface area (Å²) in [5.74, 6) is -2.29. The third-order valence-electron chi connectivity index (χ3n) is 4.03. The fourth-order valence-electron chi connectivity index (χ4n) is 2.62. The van der Waals surface area contributed by atoms with E-state index in [4.69, 9.17) is 9.47 Å². The SMILES string of the molecule is CCOC(=O)c1c(-c2cccs2)csc1NC(=O)COC(=O)CNC(=O)c1ccc(C)s1. The van der Waals surface area contributed by atoms with Gasteiger partial charge in [-0.25, -0.2) is 4.79 Å². The molecule has 0 aromatic carbocycles. The number of rotatable bonds is 9. The maximum absolute atomic E-state index is 12.5. The van der Waals surface area contributed by atoms with Crippen LogP contribution in [0.25, 0.3) is 10.4 Å². The van der Waals surface area contributed by atoms with Crippen LogP contribution in [0.15, 0.2) is 35.0 Å². The van der Waals surface area contributed by atoms with Crippen LogP contribution >= 0.6 is 34.0 Å². The van der Waals surface area contributed by atoms with Gasteiger partial charge >= 0.3 is 11.9 Å². The van der Waals surface area contributed by atoms with Crippen molar-refractivity contribution in [3.05, 3.63) is 50.3 Å². The molecule has 8 nitrogen and oxygen atoms in total. The van der Waals surface area contributed by atoms with Crippen molar-refractivity contribution < 1.29 is 28.7 Å².